The van der Waals surface area contributed by atoms with Crippen molar-refractivity contribution in [1.82, 2.24) is 4.90 Å². The zero-order chi connectivity index (χ0) is 21.0. The molecule has 1 heteroatoms. The van der Waals surface area contributed by atoms with Gasteiger partial charge in [-0.15, -0.1) is 0 Å². The summed E-state index contributed by atoms with van der Waals surface area (Å²) in [6.45, 7) is 18.1. The van der Waals surface area contributed by atoms with Crippen LogP contribution in [0, 0.1) is 17.8 Å². The van der Waals surface area contributed by atoms with Crippen LogP contribution in [0.5, 0.6) is 0 Å². The van der Waals surface area contributed by atoms with Crippen molar-refractivity contribution in [3.8, 4) is 0 Å². The fourth-order valence-corrected chi connectivity index (χ4v) is 4.06. The Hall–Kier alpha value is -0.0400. The van der Waals surface area contributed by atoms with Crippen LogP contribution in [0.3, 0.4) is 0 Å². The van der Waals surface area contributed by atoms with Crippen molar-refractivity contribution in [2.45, 2.75) is 138 Å². The SMILES string of the molecule is CC(C)CCCCCCN(CCCCCCC(C)C)CCCCCCC(C)C. The minimum atomic E-state index is 0.878. The molecular weight excluding hydrogens is 338 g/mol. The quantitative estimate of drug-likeness (QED) is 0.175. The van der Waals surface area contributed by atoms with Crippen LogP contribution in [-0.4, -0.2) is 24.5 Å². The predicted molar refractivity (Wildman–Crippen MR) is 130 cm³/mol. The van der Waals surface area contributed by atoms with E-state index in [1.54, 1.807) is 0 Å². The van der Waals surface area contributed by atoms with Gasteiger partial charge in [0.25, 0.3) is 0 Å². The van der Waals surface area contributed by atoms with Gasteiger partial charge < -0.3 is 4.90 Å². The Labute approximate surface area is 180 Å². The van der Waals surface area contributed by atoms with Crippen molar-refractivity contribution in [3.05, 3.63) is 0 Å². The normalized spacial score (nSPS) is 12.2. The zero-order valence-electron chi connectivity index (χ0n) is 20.9. The lowest BCUT2D eigenvalue weighted by Gasteiger charge is -2.22. The van der Waals surface area contributed by atoms with Gasteiger partial charge in [-0.3, -0.25) is 0 Å². The molecule has 0 aliphatic rings. The third kappa shape index (κ3) is 22.3. The Morgan fingerprint density at radius 3 is 0.857 bits per heavy atom. The third-order valence-corrected chi connectivity index (χ3v) is 6.02. The van der Waals surface area contributed by atoms with Gasteiger partial charge in [0.2, 0.25) is 0 Å². The van der Waals surface area contributed by atoms with Gasteiger partial charge in [0.15, 0.2) is 0 Å². The topological polar surface area (TPSA) is 3.24 Å². The van der Waals surface area contributed by atoms with Gasteiger partial charge in [0.05, 0.1) is 0 Å². The second-order valence-electron chi connectivity index (χ2n) is 10.6. The average Bonchev–Trinajstić information content (AvgIpc) is 2.62. The molecule has 0 amide bonds. The smallest absolute Gasteiger partial charge is 0.00187 e. The Kier molecular flexibility index (Phi) is 20.2. The summed E-state index contributed by atoms with van der Waals surface area (Å²) in [5, 5.41) is 0. The van der Waals surface area contributed by atoms with Gasteiger partial charge in [0.1, 0.15) is 0 Å². The summed E-state index contributed by atoms with van der Waals surface area (Å²) in [7, 11) is 0. The maximum absolute atomic E-state index is 2.80. The first kappa shape index (κ1) is 28.0. The molecule has 0 saturated heterocycles. The molecule has 0 fully saturated rings. The molecule has 170 valence electrons. The van der Waals surface area contributed by atoms with Gasteiger partial charge in [-0.2, -0.15) is 0 Å². The number of rotatable bonds is 21. The van der Waals surface area contributed by atoms with Crippen LogP contribution in [0.15, 0.2) is 0 Å². The maximum atomic E-state index is 2.80. The largest absolute Gasteiger partial charge is 0.303 e. The summed E-state index contributed by atoms with van der Waals surface area (Å²) < 4.78 is 0. The fraction of sp³-hybridized carbons (Fsp3) is 1.00. The minimum absolute atomic E-state index is 0.878. The first-order valence-corrected chi connectivity index (χ1v) is 13.1. The summed E-state index contributed by atoms with van der Waals surface area (Å²) in [4.78, 5) is 2.80. The number of unbranched alkanes of at least 4 members (excludes halogenated alkanes) is 9. The molecule has 0 spiro atoms. The summed E-state index contributed by atoms with van der Waals surface area (Å²) in [6.07, 6.45) is 21.4. The molecule has 1 nitrogen and oxygen atoms in total. The monoisotopic (exact) mass is 395 g/mol. The van der Waals surface area contributed by atoms with Crippen LogP contribution in [0.1, 0.15) is 138 Å². The van der Waals surface area contributed by atoms with E-state index in [1.165, 1.54) is 116 Å². The van der Waals surface area contributed by atoms with E-state index in [0.717, 1.165) is 17.8 Å². The van der Waals surface area contributed by atoms with Crippen LogP contribution in [0.4, 0.5) is 0 Å². The molecule has 0 atom stereocenters. The minimum Gasteiger partial charge on any atom is -0.303 e. The molecule has 0 rings (SSSR count). The van der Waals surface area contributed by atoms with E-state index >= 15 is 0 Å². The lowest BCUT2D eigenvalue weighted by atomic mass is 10.0. The highest BCUT2D eigenvalue weighted by Gasteiger charge is 2.05. The molecular formula is C27H57N. The number of hydrogen-bond donors (Lipinski definition) is 0. The van der Waals surface area contributed by atoms with Gasteiger partial charge in [-0.25, -0.2) is 0 Å². The van der Waals surface area contributed by atoms with Crippen LogP contribution < -0.4 is 0 Å². The van der Waals surface area contributed by atoms with Crippen molar-refractivity contribution in [3.63, 3.8) is 0 Å². The molecule has 0 aliphatic heterocycles. The van der Waals surface area contributed by atoms with E-state index in [-0.39, 0.29) is 0 Å². The first-order valence-electron chi connectivity index (χ1n) is 13.1. The molecule has 0 radical (unpaired) electrons. The van der Waals surface area contributed by atoms with E-state index in [2.05, 4.69) is 46.4 Å². The standard InChI is InChI=1S/C27H57N/c1-25(2)19-13-7-10-16-22-28(23-17-11-8-14-20-26(3)4)24-18-12-9-15-21-27(5)6/h25-27H,7-24H2,1-6H3. The molecule has 28 heavy (non-hydrogen) atoms. The Morgan fingerprint density at radius 2 is 0.607 bits per heavy atom. The van der Waals surface area contributed by atoms with Gasteiger partial charge in [-0.05, 0) is 56.7 Å². The van der Waals surface area contributed by atoms with Crippen molar-refractivity contribution >= 4 is 0 Å². The van der Waals surface area contributed by atoms with Crippen molar-refractivity contribution in [2.24, 2.45) is 17.8 Å². The molecule has 0 aromatic rings. The molecule has 0 bridgehead atoms. The van der Waals surface area contributed by atoms with Crippen LogP contribution in [0.25, 0.3) is 0 Å². The highest BCUT2D eigenvalue weighted by Crippen LogP contribution is 2.14. The summed E-state index contributed by atoms with van der Waals surface area (Å²) in [5.74, 6) is 2.63. The van der Waals surface area contributed by atoms with Gasteiger partial charge >= 0.3 is 0 Å². The van der Waals surface area contributed by atoms with E-state index < -0.39 is 0 Å². The summed E-state index contributed by atoms with van der Waals surface area (Å²) in [5.41, 5.74) is 0. The fourth-order valence-electron chi connectivity index (χ4n) is 4.06. The van der Waals surface area contributed by atoms with Crippen molar-refractivity contribution in [2.75, 3.05) is 19.6 Å². The second-order valence-corrected chi connectivity index (χ2v) is 10.6. The van der Waals surface area contributed by atoms with Crippen LogP contribution in [0.2, 0.25) is 0 Å². The van der Waals surface area contributed by atoms with Crippen LogP contribution >= 0.6 is 0 Å². The molecule has 0 saturated carbocycles. The lowest BCUT2D eigenvalue weighted by Crippen LogP contribution is -2.27. The van der Waals surface area contributed by atoms with E-state index in [0.29, 0.717) is 0 Å². The molecule has 0 aliphatic carbocycles. The van der Waals surface area contributed by atoms with Gasteiger partial charge in [0, 0.05) is 0 Å². The van der Waals surface area contributed by atoms with E-state index in [4.69, 9.17) is 0 Å². The van der Waals surface area contributed by atoms with E-state index in [9.17, 15) is 0 Å². The maximum Gasteiger partial charge on any atom is -0.00187 e. The predicted octanol–water partition coefficient (Wildman–Crippen LogP) is 9.11. The average molecular weight is 396 g/mol. The second kappa shape index (κ2) is 20.2. The molecule has 0 aromatic heterocycles. The zero-order valence-corrected chi connectivity index (χ0v) is 20.9. The van der Waals surface area contributed by atoms with Crippen molar-refractivity contribution < 1.29 is 0 Å². The number of nitrogens with zero attached hydrogens (tertiary/aromatic N) is 1. The van der Waals surface area contributed by atoms with Gasteiger partial charge in [-0.1, -0.05) is 119 Å². The van der Waals surface area contributed by atoms with E-state index in [1.807, 2.05) is 0 Å². The Bertz CT molecular complexity index is 247. The third-order valence-electron chi connectivity index (χ3n) is 6.02. The lowest BCUT2D eigenvalue weighted by molar-refractivity contribution is 0.253. The molecule has 0 heterocycles. The van der Waals surface area contributed by atoms with Crippen molar-refractivity contribution in [1.29, 1.82) is 0 Å². The van der Waals surface area contributed by atoms with Crippen LogP contribution in [-0.2, 0) is 0 Å². The summed E-state index contributed by atoms with van der Waals surface area (Å²) >= 11 is 0. The molecule has 0 unspecified atom stereocenters. The highest BCUT2D eigenvalue weighted by molar-refractivity contribution is 4.61. The number of hydrogen-bond acceptors (Lipinski definition) is 1. The Balaban J connectivity index is 3.89. The highest BCUT2D eigenvalue weighted by atomic mass is 15.1. The Morgan fingerprint density at radius 1 is 0.357 bits per heavy atom. The molecule has 0 aromatic carbocycles. The molecule has 0 N–H and O–H groups in total. The summed E-state index contributed by atoms with van der Waals surface area (Å²) in [6, 6.07) is 0. The first-order chi connectivity index (χ1) is 13.4.